The highest BCUT2D eigenvalue weighted by Gasteiger charge is 2.38. The number of thioether (sulfide) groups is 1. The number of benzene rings is 1. The van der Waals surface area contributed by atoms with Gasteiger partial charge in [-0.2, -0.15) is 11.8 Å². The van der Waals surface area contributed by atoms with Crippen molar-refractivity contribution in [3.63, 3.8) is 0 Å². The number of piperazine rings is 1. The zero-order valence-electron chi connectivity index (χ0n) is 13.3. The summed E-state index contributed by atoms with van der Waals surface area (Å²) in [5, 5.41) is 4.52. The van der Waals surface area contributed by atoms with Crippen LogP contribution in [0.3, 0.4) is 0 Å². The summed E-state index contributed by atoms with van der Waals surface area (Å²) in [4.78, 5) is 2.82. The maximum atomic E-state index is 3.68. The molecule has 1 heterocycles. The summed E-state index contributed by atoms with van der Waals surface area (Å²) in [5.74, 6) is 1.25. The van der Waals surface area contributed by atoms with Crippen LogP contribution in [0, 0.1) is 0 Å². The molecule has 2 aliphatic rings. The van der Waals surface area contributed by atoms with Crippen molar-refractivity contribution in [2.75, 3.05) is 18.8 Å². The van der Waals surface area contributed by atoms with Crippen LogP contribution in [0.4, 0.5) is 0 Å². The summed E-state index contributed by atoms with van der Waals surface area (Å²) in [6.07, 6.45) is 4.19. The molecule has 3 heteroatoms. The quantitative estimate of drug-likeness (QED) is 0.913. The summed E-state index contributed by atoms with van der Waals surface area (Å²) in [6, 6.07) is 13.0. The monoisotopic (exact) mass is 304 g/mol. The minimum absolute atomic E-state index is 0.547. The van der Waals surface area contributed by atoms with Crippen LogP contribution in [0.25, 0.3) is 0 Å². The minimum Gasteiger partial charge on any atom is -0.311 e. The van der Waals surface area contributed by atoms with E-state index >= 15 is 0 Å². The largest absolute Gasteiger partial charge is 0.311 e. The van der Waals surface area contributed by atoms with Crippen molar-refractivity contribution < 1.29 is 0 Å². The van der Waals surface area contributed by atoms with Crippen LogP contribution in [-0.2, 0) is 0 Å². The fourth-order valence-electron chi connectivity index (χ4n) is 3.98. The molecular weight excluding hydrogens is 276 g/mol. The molecule has 1 N–H and O–H groups in total. The fraction of sp³-hybridized carbons (Fsp3) is 0.667. The van der Waals surface area contributed by atoms with Crippen LogP contribution in [0.1, 0.15) is 44.7 Å². The van der Waals surface area contributed by atoms with E-state index in [0.29, 0.717) is 12.1 Å². The average Bonchev–Trinajstić information content (AvgIpc) is 2.97. The molecule has 4 atom stereocenters. The second-order valence-corrected chi connectivity index (χ2v) is 7.94. The van der Waals surface area contributed by atoms with Gasteiger partial charge in [0.2, 0.25) is 0 Å². The van der Waals surface area contributed by atoms with Gasteiger partial charge in [-0.05, 0) is 31.1 Å². The number of nitrogens with zero attached hydrogens (tertiary/aromatic N) is 1. The molecule has 0 spiro atoms. The minimum atomic E-state index is 0.547. The van der Waals surface area contributed by atoms with E-state index in [9.17, 15) is 0 Å². The molecule has 1 aliphatic carbocycles. The van der Waals surface area contributed by atoms with Gasteiger partial charge >= 0.3 is 0 Å². The first-order chi connectivity index (χ1) is 10.3. The van der Waals surface area contributed by atoms with Crippen molar-refractivity contribution in [3.8, 4) is 0 Å². The third kappa shape index (κ3) is 3.46. The van der Waals surface area contributed by atoms with Crippen molar-refractivity contribution in [2.24, 2.45) is 0 Å². The first kappa shape index (κ1) is 15.4. The highest BCUT2D eigenvalue weighted by molar-refractivity contribution is 7.99. The molecule has 1 aromatic carbocycles. The third-order valence-corrected chi connectivity index (χ3v) is 6.26. The second kappa shape index (κ2) is 7.17. The lowest BCUT2D eigenvalue weighted by Gasteiger charge is -2.45. The van der Waals surface area contributed by atoms with Gasteiger partial charge in [0.15, 0.2) is 0 Å². The number of hydrogen-bond acceptors (Lipinski definition) is 3. The number of rotatable bonds is 4. The Morgan fingerprint density at radius 2 is 2.05 bits per heavy atom. The highest BCUT2D eigenvalue weighted by Crippen LogP contribution is 2.38. The summed E-state index contributed by atoms with van der Waals surface area (Å²) in [5.41, 5.74) is 1.48. The highest BCUT2D eigenvalue weighted by atomic mass is 32.2. The van der Waals surface area contributed by atoms with Crippen molar-refractivity contribution in [1.82, 2.24) is 10.2 Å². The molecule has 0 amide bonds. The molecule has 0 radical (unpaired) electrons. The normalized spacial score (nSPS) is 34.2. The summed E-state index contributed by atoms with van der Waals surface area (Å²) >= 11 is 2.18. The Morgan fingerprint density at radius 1 is 1.24 bits per heavy atom. The topological polar surface area (TPSA) is 15.3 Å². The lowest BCUT2D eigenvalue weighted by molar-refractivity contribution is 0.0897. The molecular formula is C18H28N2S. The Morgan fingerprint density at radius 3 is 2.81 bits per heavy atom. The molecule has 1 aromatic rings. The molecule has 4 unspecified atom stereocenters. The zero-order chi connectivity index (χ0) is 14.7. The SMILES string of the molecule is CCSC1CCCC1N1CC(C)NCC1c1ccccc1. The van der Waals surface area contributed by atoms with E-state index in [0.717, 1.165) is 17.8 Å². The molecule has 2 nitrogen and oxygen atoms in total. The summed E-state index contributed by atoms with van der Waals surface area (Å²) < 4.78 is 0. The van der Waals surface area contributed by atoms with E-state index in [1.165, 1.54) is 37.1 Å². The van der Waals surface area contributed by atoms with Gasteiger partial charge in [-0.1, -0.05) is 43.7 Å². The predicted molar refractivity (Wildman–Crippen MR) is 92.9 cm³/mol. The Balaban J connectivity index is 1.81. The fourth-order valence-corrected chi connectivity index (χ4v) is 5.26. The van der Waals surface area contributed by atoms with E-state index in [4.69, 9.17) is 0 Å². The first-order valence-electron chi connectivity index (χ1n) is 8.45. The summed E-state index contributed by atoms with van der Waals surface area (Å²) in [6.45, 7) is 6.90. The zero-order valence-corrected chi connectivity index (χ0v) is 14.1. The Labute approximate surface area is 133 Å². The van der Waals surface area contributed by atoms with Crippen LogP contribution < -0.4 is 5.32 Å². The van der Waals surface area contributed by atoms with Gasteiger partial charge in [-0.3, -0.25) is 4.90 Å². The average molecular weight is 305 g/mol. The van der Waals surface area contributed by atoms with Crippen molar-refractivity contribution >= 4 is 11.8 Å². The van der Waals surface area contributed by atoms with Crippen molar-refractivity contribution in [1.29, 1.82) is 0 Å². The standard InChI is InChI=1S/C18H28N2S/c1-3-21-18-11-7-10-16(18)20-13-14(2)19-12-17(20)15-8-5-4-6-9-15/h4-6,8-9,14,16-19H,3,7,10-13H2,1-2H3. The molecule has 1 saturated heterocycles. The molecule has 21 heavy (non-hydrogen) atoms. The molecule has 1 aliphatic heterocycles. The van der Waals surface area contributed by atoms with Crippen molar-refractivity contribution in [3.05, 3.63) is 35.9 Å². The van der Waals surface area contributed by atoms with Gasteiger partial charge in [0.25, 0.3) is 0 Å². The van der Waals surface area contributed by atoms with Gasteiger partial charge in [0, 0.05) is 36.5 Å². The lowest BCUT2D eigenvalue weighted by Crippen LogP contribution is -2.55. The van der Waals surface area contributed by atoms with E-state index in [2.05, 4.69) is 66.2 Å². The van der Waals surface area contributed by atoms with Gasteiger partial charge in [0.1, 0.15) is 0 Å². The third-order valence-electron chi connectivity index (χ3n) is 4.95. The molecule has 0 bridgehead atoms. The van der Waals surface area contributed by atoms with Gasteiger partial charge < -0.3 is 5.32 Å². The second-order valence-electron chi connectivity index (χ2n) is 6.42. The maximum absolute atomic E-state index is 3.68. The summed E-state index contributed by atoms with van der Waals surface area (Å²) in [7, 11) is 0. The lowest BCUT2D eigenvalue weighted by atomic mass is 9.98. The molecule has 2 fully saturated rings. The Bertz CT molecular complexity index is 436. The van der Waals surface area contributed by atoms with E-state index in [1.54, 1.807) is 0 Å². The Hall–Kier alpha value is -0.510. The van der Waals surface area contributed by atoms with Crippen LogP contribution in [0.5, 0.6) is 0 Å². The van der Waals surface area contributed by atoms with Crippen molar-refractivity contribution in [2.45, 2.75) is 56.5 Å². The van der Waals surface area contributed by atoms with Gasteiger partial charge in [-0.25, -0.2) is 0 Å². The first-order valence-corrected chi connectivity index (χ1v) is 9.50. The van der Waals surface area contributed by atoms with E-state index in [-0.39, 0.29) is 0 Å². The predicted octanol–water partition coefficient (Wildman–Crippen LogP) is 3.70. The molecule has 1 saturated carbocycles. The molecule has 0 aromatic heterocycles. The van der Waals surface area contributed by atoms with Crippen LogP contribution in [0.15, 0.2) is 30.3 Å². The Kier molecular flexibility index (Phi) is 5.25. The smallest absolute Gasteiger partial charge is 0.0476 e. The molecule has 116 valence electrons. The molecule has 3 rings (SSSR count). The number of hydrogen-bond donors (Lipinski definition) is 1. The van der Waals surface area contributed by atoms with Gasteiger partial charge in [0.05, 0.1) is 0 Å². The van der Waals surface area contributed by atoms with Crippen LogP contribution >= 0.6 is 11.8 Å². The number of nitrogens with one attached hydrogen (secondary N) is 1. The van der Waals surface area contributed by atoms with Crippen LogP contribution in [0.2, 0.25) is 0 Å². The van der Waals surface area contributed by atoms with Crippen LogP contribution in [-0.4, -0.2) is 41.1 Å². The van der Waals surface area contributed by atoms with E-state index < -0.39 is 0 Å². The maximum Gasteiger partial charge on any atom is 0.0476 e. The van der Waals surface area contributed by atoms with E-state index in [1.807, 2.05) is 0 Å². The van der Waals surface area contributed by atoms with Gasteiger partial charge in [-0.15, -0.1) is 0 Å².